The molecule has 0 aliphatic carbocycles. The molecule has 2 aliphatic rings. The van der Waals surface area contributed by atoms with Gasteiger partial charge in [-0.3, -0.25) is 4.79 Å². The van der Waals surface area contributed by atoms with Gasteiger partial charge in [0, 0.05) is 32.3 Å². The SMILES string of the molecule is C=C(CC(C)(C)C)N1C(c2ccc(CC)c(OCCCOC)c2)CCC1[C@@H]1CCC(=O)O1.CC.CCC.CCC. The molecule has 2 aliphatic heterocycles. The Morgan fingerprint density at radius 3 is 2.15 bits per heavy atom. The Morgan fingerprint density at radius 2 is 1.65 bits per heavy atom. The molecule has 0 spiro atoms. The lowest BCUT2D eigenvalue weighted by Gasteiger charge is -2.38. The van der Waals surface area contributed by atoms with E-state index < -0.39 is 0 Å². The zero-order valence-corrected chi connectivity index (χ0v) is 28.0. The predicted molar refractivity (Wildman–Crippen MR) is 171 cm³/mol. The number of hydrogen-bond acceptors (Lipinski definition) is 5. The predicted octanol–water partition coefficient (Wildman–Crippen LogP) is 9.68. The number of carbonyl (C=O) groups is 1. The second-order valence-electron chi connectivity index (χ2n) is 11.8. The number of cyclic esters (lactones) is 1. The lowest BCUT2D eigenvalue weighted by molar-refractivity contribution is -0.143. The van der Waals surface area contributed by atoms with E-state index in [0.717, 1.165) is 50.0 Å². The fourth-order valence-electron chi connectivity index (χ4n) is 5.10. The fourth-order valence-corrected chi connectivity index (χ4v) is 5.10. The van der Waals surface area contributed by atoms with Crippen LogP contribution in [0.3, 0.4) is 0 Å². The minimum absolute atomic E-state index is 0.0381. The van der Waals surface area contributed by atoms with Gasteiger partial charge in [-0.2, -0.15) is 0 Å². The van der Waals surface area contributed by atoms with Crippen LogP contribution in [-0.4, -0.2) is 43.3 Å². The van der Waals surface area contributed by atoms with Gasteiger partial charge in [0.2, 0.25) is 0 Å². The Bertz CT molecular complexity index is 827. The highest BCUT2D eigenvalue weighted by atomic mass is 16.6. The second kappa shape index (κ2) is 20.8. The van der Waals surface area contributed by atoms with Crippen LogP contribution in [0.5, 0.6) is 5.75 Å². The van der Waals surface area contributed by atoms with E-state index in [1.54, 1.807) is 7.11 Å². The number of carbonyl (C=O) groups excluding carboxylic acids is 1. The summed E-state index contributed by atoms with van der Waals surface area (Å²) < 4.78 is 17.0. The van der Waals surface area contributed by atoms with E-state index >= 15 is 0 Å². The molecule has 3 atom stereocenters. The van der Waals surface area contributed by atoms with Crippen LogP contribution in [0.4, 0.5) is 0 Å². The summed E-state index contributed by atoms with van der Waals surface area (Å²) in [7, 11) is 1.72. The van der Waals surface area contributed by atoms with Crippen molar-refractivity contribution in [2.75, 3.05) is 20.3 Å². The summed E-state index contributed by atoms with van der Waals surface area (Å²) >= 11 is 0. The van der Waals surface area contributed by atoms with E-state index in [1.807, 2.05) is 13.8 Å². The number of likely N-dealkylation sites (tertiary alicyclic amines) is 1. The first-order chi connectivity index (χ1) is 19.1. The zero-order valence-electron chi connectivity index (χ0n) is 28.0. The molecule has 1 aromatic carbocycles. The maximum Gasteiger partial charge on any atom is 0.306 e. The van der Waals surface area contributed by atoms with Gasteiger partial charge >= 0.3 is 5.97 Å². The van der Waals surface area contributed by atoms with Crippen molar-refractivity contribution in [1.29, 1.82) is 0 Å². The van der Waals surface area contributed by atoms with Crippen LogP contribution in [0, 0.1) is 5.41 Å². The van der Waals surface area contributed by atoms with Crippen LogP contribution in [-0.2, 0) is 20.7 Å². The standard InChI is InChI=1S/C27H41NO4.2C3H8.C2H6/c1-7-20-9-10-21(17-25(20)31-16-8-15-30-6)22-11-12-23(24-13-14-26(29)32-24)28(22)19(2)18-27(3,4)5;2*1-3-2;1-2/h9-10,17,22-24H,2,7-8,11-16,18H2,1,3-6H3;2*3H2,1-2H3;1-2H3/t22?,23?,24-;;;/m0.../s1. The number of allylic oxidation sites excluding steroid dienone is 1. The Balaban J connectivity index is 0.00000171. The van der Waals surface area contributed by atoms with Crippen molar-refractivity contribution in [1.82, 2.24) is 4.90 Å². The number of aryl methyl sites for hydroxylation is 1. The highest BCUT2D eigenvalue weighted by Gasteiger charge is 2.43. The van der Waals surface area contributed by atoms with Gasteiger partial charge in [0.1, 0.15) is 11.9 Å². The first kappa shape index (κ1) is 38.0. The first-order valence-electron chi connectivity index (χ1n) is 16.0. The normalized spacial score (nSPS) is 19.8. The van der Waals surface area contributed by atoms with Crippen molar-refractivity contribution >= 4 is 5.97 Å². The Hall–Kier alpha value is -2.01. The van der Waals surface area contributed by atoms with E-state index in [2.05, 4.69) is 85.1 Å². The average Bonchev–Trinajstić information content (AvgIpc) is 3.54. The molecule has 5 heteroatoms. The zero-order chi connectivity index (χ0) is 30.7. The Kier molecular flexibility index (Phi) is 19.8. The minimum Gasteiger partial charge on any atom is -0.493 e. The summed E-state index contributed by atoms with van der Waals surface area (Å²) in [5.74, 6) is 0.900. The molecule has 0 radical (unpaired) electrons. The summed E-state index contributed by atoms with van der Waals surface area (Å²) in [6, 6.07) is 7.08. The van der Waals surface area contributed by atoms with Crippen LogP contribution >= 0.6 is 0 Å². The molecular weight excluding hydrogens is 498 g/mol. The van der Waals surface area contributed by atoms with Crippen molar-refractivity contribution in [3.05, 3.63) is 41.6 Å². The largest absolute Gasteiger partial charge is 0.493 e. The molecule has 2 unspecified atom stereocenters. The average molecular weight is 562 g/mol. The van der Waals surface area contributed by atoms with Crippen LogP contribution < -0.4 is 4.74 Å². The third-order valence-corrected chi connectivity index (χ3v) is 6.48. The van der Waals surface area contributed by atoms with Gasteiger partial charge in [-0.1, -0.05) is 101 Å². The highest BCUT2D eigenvalue weighted by molar-refractivity contribution is 5.71. The molecular formula is C35H63NO4. The second-order valence-corrected chi connectivity index (χ2v) is 11.8. The number of hydrogen-bond donors (Lipinski definition) is 0. The maximum atomic E-state index is 11.8. The molecule has 2 saturated heterocycles. The molecule has 0 amide bonds. The van der Waals surface area contributed by atoms with E-state index in [4.69, 9.17) is 14.2 Å². The topological polar surface area (TPSA) is 48.0 Å². The summed E-state index contributed by atoms with van der Waals surface area (Å²) in [6.45, 7) is 27.3. The number of rotatable bonds is 10. The number of nitrogens with zero attached hydrogens (tertiary/aromatic N) is 1. The lowest BCUT2D eigenvalue weighted by Crippen LogP contribution is -2.40. The van der Waals surface area contributed by atoms with Gasteiger partial charge in [-0.25, -0.2) is 0 Å². The fraction of sp³-hybridized carbons (Fsp3) is 0.743. The monoisotopic (exact) mass is 561 g/mol. The van der Waals surface area contributed by atoms with E-state index in [1.165, 1.54) is 24.0 Å². The Labute approximate surface area is 248 Å². The summed E-state index contributed by atoms with van der Waals surface area (Å²) in [5, 5.41) is 0. The minimum atomic E-state index is -0.0705. The maximum absolute atomic E-state index is 11.8. The van der Waals surface area contributed by atoms with Gasteiger partial charge in [0.15, 0.2) is 0 Å². The molecule has 2 heterocycles. The van der Waals surface area contributed by atoms with Crippen molar-refractivity contribution in [2.45, 2.75) is 145 Å². The van der Waals surface area contributed by atoms with E-state index in [9.17, 15) is 4.79 Å². The molecule has 0 N–H and O–H groups in total. The molecule has 3 rings (SSSR count). The van der Waals surface area contributed by atoms with Crippen molar-refractivity contribution in [2.24, 2.45) is 5.41 Å². The molecule has 232 valence electrons. The molecule has 0 saturated carbocycles. The van der Waals surface area contributed by atoms with E-state index in [0.29, 0.717) is 19.6 Å². The molecule has 2 fully saturated rings. The number of methoxy groups -OCH3 is 1. The molecule has 5 nitrogen and oxygen atoms in total. The van der Waals surface area contributed by atoms with Crippen LogP contribution in [0.1, 0.15) is 138 Å². The smallest absolute Gasteiger partial charge is 0.306 e. The van der Waals surface area contributed by atoms with Crippen molar-refractivity contribution in [3.8, 4) is 5.75 Å². The summed E-state index contributed by atoms with van der Waals surface area (Å²) in [5.41, 5.74) is 3.76. The third kappa shape index (κ3) is 13.1. The lowest BCUT2D eigenvalue weighted by atomic mass is 9.89. The van der Waals surface area contributed by atoms with E-state index in [-0.39, 0.29) is 29.6 Å². The van der Waals surface area contributed by atoms with Gasteiger partial charge in [-0.05, 0) is 54.7 Å². The molecule has 0 aromatic heterocycles. The highest BCUT2D eigenvalue weighted by Crippen LogP contribution is 2.45. The first-order valence-corrected chi connectivity index (χ1v) is 16.0. The van der Waals surface area contributed by atoms with Crippen LogP contribution in [0.2, 0.25) is 0 Å². The third-order valence-electron chi connectivity index (χ3n) is 6.48. The number of benzene rings is 1. The van der Waals surface area contributed by atoms with Gasteiger partial charge in [0.05, 0.1) is 18.7 Å². The van der Waals surface area contributed by atoms with Gasteiger partial charge in [-0.15, -0.1) is 0 Å². The number of esters is 1. The quantitative estimate of drug-likeness (QED) is 0.210. The van der Waals surface area contributed by atoms with Crippen LogP contribution in [0.15, 0.2) is 30.5 Å². The summed E-state index contributed by atoms with van der Waals surface area (Å²) in [4.78, 5) is 14.3. The van der Waals surface area contributed by atoms with Crippen LogP contribution in [0.25, 0.3) is 0 Å². The summed E-state index contributed by atoms with van der Waals surface area (Å²) in [6.07, 6.45) is 8.54. The van der Waals surface area contributed by atoms with Crippen molar-refractivity contribution < 1.29 is 19.0 Å². The van der Waals surface area contributed by atoms with Crippen molar-refractivity contribution in [3.63, 3.8) is 0 Å². The number of ether oxygens (including phenoxy) is 3. The van der Waals surface area contributed by atoms with Gasteiger partial charge in [0.25, 0.3) is 0 Å². The molecule has 1 aromatic rings. The van der Waals surface area contributed by atoms with Gasteiger partial charge < -0.3 is 19.1 Å². The Morgan fingerprint density at radius 1 is 1.02 bits per heavy atom. The molecule has 0 bridgehead atoms. The molecule has 40 heavy (non-hydrogen) atoms.